The number of esters is 1. The first-order valence-corrected chi connectivity index (χ1v) is 7.68. The number of nitrogens with one attached hydrogen (secondary N) is 1. The highest BCUT2D eigenvalue weighted by atomic mass is 79.9. The Hall–Kier alpha value is -1.54. The number of halogens is 3. The van der Waals surface area contributed by atoms with Gasteiger partial charge < -0.3 is 10.1 Å². The summed E-state index contributed by atoms with van der Waals surface area (Å²) >= 11 is 4.10. The second-order valence-corrected chi connectivity index (χ2v) is 5.71. The van der Waals surface area contributed by atoms with Crippen LogP contribution in [0, 0.1) is 11.6 Å². The predicted molar refractivity (Wildman–Crippen MR) is 79.8 cm³/mol. The number of hydrogen-bond donors (Lipinski definition) is 1. The van der Waals surface area contributed by atoms with Crippen LogP contribution < -0.4 is 5.32 Å². The van der Waals surface area contributed by atoms with E-state index in [1.807, 2.05) is 0 Å². The Labute approximate surface area is 132 Å². The molecule has 1 heterocycles. The summed E-state index contributed by atoms with van der Waals surface area (Å²) in [6.07, 6.45) is 0.0448. The van der Waals surface area contributed by atoms with Crippen molar-refractivity contribution in [1.29, 1.82) is 0 Å². The fourth-order valence-electron chi connectivity index (χ4n) is 1.54. The monoisotopic (exact) mass is 376 g/mol. The molecule has 0 aliphatic rings. The van der Waals surface area contributed by atoms with Crippen LogP contribution in [0.25, 0.3) is 0 Å². The Bertz CT molecular complexity index is 664. The van der Waals surface area contributed by atoms with E-state index in [9.17, 15) is 13.6 Å². The molecule has 0 radical (unpaired) electrons. The highest BCUT2D eigenvalue weighted by Gasteiger charge is 2.12. The molecule has 0 aliphatic carbocycles. The van der Waals surface area contributed by atoms with E-state index in [4.69, 9.17) is 4.74 Å². The van der Waals surface area contributed by atoms with E-state index >= 15 is 0 Å². The first-order chi connectivity index (χ1) is 9.99. The molecule has 0 saturated carbocycles. The van der Waals surface area contributed by atoms with Crippen molar-refractivity contribution in [2.24, 2.45) is 0 Å². The maximum absolute atomic E-state index is 13.7. The van der Waals surface area contributed by atoms with Crippen LogP contribution >= 0.6 is 27.3 Å². The van der Waals surface area contributed by atoms with Gasteiger partial charge in [-0.2, -0.15) is 0 Å². The van der Waals surface area contributed by atoms with Gasteiger partial charge in [-0.15, -0.1) is 11.3 Å². The zero-order valence-electron chi connectivity index (χ0n) is 11.0. The lowest BCUT2D eigenvalue weighted by molar-refractivity contribution is -0.142. The first-order valence-electron chi connectivity index (χ1n) is 6.01. The number of rotatable bonds is 5. The fourth-order valence-corrected chi connectivity index (χ4v) is 2.58. The summed E-state index contributed by atoms with van der Waals surface area (Å²) in [7, 11) is 0. The summed E-state index contributed by atoms with van der Waals surface area (Å²) in [6.45, 7) is 2.02. The molecule has 1 aromatic heterocycles. The van der Waals surface area contributed by atoms with Crippen LogP contribution in [0.15, 0.2) is 22.0 Å². The lowest BCUT2D eigenvalue weighted by Gasteiger charge is -2.05. The average Bonchev–Trinajstić information content (AvgIpc) is 2.83. The van der Waals surface area contributed by atoms with E-state index < -0.39 is 11.6 Å². The second-order valence-electron chi connectivity index (χ2n) is 4.00. The summed E-state index contributed by atoms with van der Waals surface area (Å²) in [5.41, 5.74) is 0.492. The van der Waals surface area contributed by atoms with E-state index in [1.54, 1.807) is 12.3 Å². The number of hydrogen-bond acceptors (Lipinski definition) is 5. The van der Waals surface area contributed by atoms with Crippen molar-refractivity contribution in [3.8, 4) is 0 Å². The molecule has 0 spiro atoms. The summed E-state index contributed by atoms with van der Waals surface area (Å²) in [5.74, 6) is -1.57. The minimum atomic E-state index is -0.606. The number of thiazole rings is 1. The summed E-state index contributed by atoms with van der Waals surface area (Å²) in [6, 6.07) is 2.07. The minimum Gasteiger partial charge on any atom is -0.466 e. The van der Waals surface area contributed by atoms with Crippen molar-refractivity contribution < 1.29 is 18.3 Å². The Balaban J connectivity index is 2.09. The van der Waals surface area contributed by atoms with Crippen LogP contribution in [0.5, 0.6) is 0 Å². The molecule has 0 unspecified atom stereocenters. The molecule has 0 fully saturated rings. The molecule has 0 bridgehead atoms. The third kappa shape index (κ3) is 4.21. The van der Waals surface area contributed by atoms with E-state index in [-0.39, 0.29) is 22.6 Å². The summed E-state index contributed by atoms with van der Waals surface area (Å²) < 4.78 is 31.9. The molecular weight excluding hydrogens is 366 g/mol. The lowest BCUT2D eigenvalue weighted by Crippen LogP contribution is -2.07. The minimum absolute atomic E-state index is 0.0206. The van der Waals surface area contributed by atoms with E-state index in [2.05, 4.69) is 26.2 Å². The van der Waals surface area contributed by atoms with Gasteiger partial charge in [-0.3, -0.25) is 4.79 Å². The van der Waals surface area contributed by atoms with Crippen LogP contribution in [0.1, 0.15) is 12.6 Å². The summed E-state index contributed by atoms with van der Waals surface area (Å²) in [5, 5.41) is 4.71. The smallest absolute Gasteiger partial charge is 0.311 e. The number of carbonyl (C=O) groups excluding carboxylic acids is 1. The molecule has 1 N–H and O–H groups in total. The normalized spacial score (nSPS) is 10.5. The van der Waals surface area contributed by atoms with Gasteiger partial charge in [0.25, 0.3) is 0 Å². The van der Waals surface area contributed by atoms with Crippen LogP contribution in [0.3, 0.4) is 0 Å². The van der Waals surface area contributed by atoms with Gasteiger partial charge in [-0.1, -0.05) is 0 Å². The van der Waals surface area contributed by atoms with Crippen LogP contribution in [0.4, 0.5) is 19.6 Å². The van der Waals surface area contributed by atoms with Gasteiger partial charge in [0, 0.05) is 11.4 Å². The van der Waals surface area contributed by atoms with Gasteiger partial charge in [0.2, 0.25) is 0 Å². The molecular formula is C13H11BrF2N2O2S. The third-order valence-electron chi connectivity index (χ3n) is 2.43. The van der Waals surface area contributed by atoms with Crippen molar-refractivity contribution >= 4 is 44.1 Å². The molecule has 0 aliphatic heterocycles. The van der Waals surface area contributed by atoms with Crippen molar-refractivity contribution in [3.05, 3.63) is 39.3 Å². The second kappa shape index (κ2) is 6.95. The topological polar surface area (TPSA) is 51.2 Å². The van der Waals surface area contributed by atoms with Crippen LogP contribution in [-0.4, -0.2) is 17.6 Å². The third-order valence-corrected chi connectivity index (χ3v) is 3.85. The van der Waals surface area contributed by atoms with E-state index in [0.29, 0.717) is 17.4 Å². The van der Waals surface area contributed by atoms with E-state index in [0.717, 1.165) is 12.1 Å². The zero-order chi connectivity index (χ0) is 15.4. The average molecular weight is 377 g/mol. The quantitative estimate of drug-likeness (QED) is 0.632. The van der Waals surface area contributed by atoms with Gasteiger partial charge in [0.05, 0.1) is 28.9 Å². The fraction of sp³-hybridized carbons (Fsp3) is 0.231. The van der Waals surface area contributed by atoms with Gasteiger partial charge >= 0.3 is 5.97 Å². The molecule has 8 heteroatoms. The van der Waals surface area contributed by atoms with Gasteiger partial charge in [-0.05, 0) is 28.9 Å². The lowest BCUT2D eigenvalue weighted by atomic mass is 10.3. The number of ether oxygens (including phenoxy) is 1. The highest BCUT2D eigenvalue weighted by molar-refractivity contribution is 9.10. The number of aromatic nitrogens is 1. The Morgan fingerprint density at radius 3 is 2.90 bits per heavy atom. The predicted octanol–water partition coefficient (Wildman–Crippen LogP) is 4.03. The standard InChI is InChI=1S/C13H11BrF2N2O2S/c1-2-20-12(19)3-7-6-21-13(17-7)18-11-5-9(15)8(14)4-10(11)16/h4-6H,2-3H2,1H3,(H,17,18). The van der Waals surface area contributed by atoms with Crippen molar-refractivity contribution in [2.75, 3.05) is 11.9 Å². The van der Waals surface area contributed by atoms with Crippen molar-refractivity contribution in [1.82, 2.24) is 4.98 Å². The molecule has 2 aromatic rings. The first kappa shape index (κ1) is 15.8. The number of carbonyl (C=O) groups is 1. The number of anilines is 2. The molecule has 112 valence electrons. The number of benzene rings is 1. The molecule has 0 amide bonds. The molecule has 0 saturated heterocycles. The molecule has 0 atom stereocenters. The van der Waals surface area contributed by atoms with Crippen molar-refractivity contribution in [3.63, 3.8) is 0 Å². The molecule has 2 rings (SSSR count). The van der Waals surface area contributed by atoms with Gasteiger partial charge in [0.1, 0.15) is 11.6 Å². The Morgan fingerprint density at radius 1 is 1.43 bits per heavy atom. The summed E-state index contributed by atoms with van der Waals surface area (Å²) in [4.78, 5) is 15.5. The highest BCUT2D eigenvalue weighted by Crippen LogP contribution is 2.27. The maximum atomic E-state index is 13.7. The Kier molecular flexibility index (Phi) is 5.24. The Morgan fingerprint density at radius 2 is 2.19 bits per heavy atom. The molecule has 4 nitrogen and oxygen atoms in total. The van der Waals surface area contributed by atoms with Crippen molar-refractivity contribution in [2.45, 2.75) is 13.3 Å². The van der Waals surface area contributed by atoms with E-state index in [1.165, 1.54) is 11.3 Å². The molecule has 21 heavy (non-hydrogen) atoms. The maximum Gasteiger partial charge on any atom is 0.311 e. The SMILES string of the molecule is CCOC(=O)Cc1csc(Nc2cc(F)c(Br)cc2F)n1. The van der Waals surface area contributed by atoms with Gasteiger partial charge in [0.15, 0.2) is 5.13 Å². The van der Waals surface area contributed by atoms with Crippen LogP contribution in [-0.2, 0) is 16.0 Å². The molecule has 1 aromatic carbocycles. The zero-order valence-corrected chi connectivity index (χ0v) is 13.4. The van der Waals surface area contributed by atoms with Crippen LogP contribution in [0.2, 0.25) is 0 Å². The number of nitrogens with zero attached hydrogens (tertiary/aromatic N) is 1. The van der Waals surface area contributed by atoms with Gasteiger partial charge in [-0.25, -0.2) is 13.8 Å². The largest absolute Gasteiger partial charge is 0.466 e.